The standard InChI is InChI=1S/C26H26ClN3O2/c1-19-12-14-20(15-13-19)26(31)28-18-25-29-22-9-3-4-10-23(22)30(25)16-6-7-17-32-24-11-5-2-8-21(24)27/h2-5,8-15H,6-7,16-18H2,1H3,(H,28,31). The van der Waals surface area contributed by atoms with Crippen molar-refractivity contribution < 1.29 is 9.53 Å². The molecule has 0 saturated carbocycles. The zero-order chi connectivity index (χ0) is 22.3. The number of aromatic nitrogens is 2. The molecular formula is C26H26ClN3O2. The van der Waals surface area contributed by atoms with Gasteiger partial charge in [-0.25, -0.2) is 4.98 Å². The summed E-state index contributed by atoms with van der Waals surface area (Å²) < 4.78 is 7.98. The van der Waals surface area contributed by atoms with Crippen molar-refractivity contribution in [3.05, 3.63) is 94.8 Å². The number of hydrogen-bond acceptors (Lipinski definition) is 3. The van der Waals surface area contributed by atoms with Gasteiger partial charge in [0.05, 0.1) is 29.2 Å². The van der Waals surface area contributed by atoms with E-state index in [2.05, 4.69) is 16.0 Å². The SMILES string of the molecule is Cc1ccc(C(=O)NCc2nc3ccccc3n2CCCCOc2ccccc2Cl)cc1. The number of imidazole rings is 1. The summed E-state index contributed by atoms with van der Waals surface area (Å²) in [5, 5.41) is 3.63. The lowest BCUT2D eigenvalue weighted by Crippen LogP contribution is -2.24. The molecule has 0 aliphatic carbocycles. The van der Waals surface area contributed by atoms with Crippen LogP contribution < -0.4 is 10.1 Å². The van der Waals surface area contributed by atoms with E-state index in [0.717, 1.165) is 41.8 Å². The van der Waals surface area contributed by atoms with Crippen molar-refractivity contribution in [1.29, 1.82) is 0 Å². The number of para-hydroxylation sites is 3. The fraction of sp³-hybridized carbons (Fsp3) is 0.231. The molecular weight excluding hydrogens is 422 g/mol. The van der Waals surface area contributed by atoms with Gasteiger partial charge in [0.1, 0.15) is 11.6 Å². The molecule has 1 heterocycles. The molecule has 32 heavy (non-hydrogen) atoms. The van der Waals surface area contributed by atoms with Gasteiger partial charge in [-0.3, -0.25) is 4.79 Å². The molecule has 164 valence electrons. The van der Waals surface area contributed by atoms with Crippen molar-refractivity contribution in [1.82, 2.24) is 14.9 Å². The first-order valence-electron chi connectivity index (χ1n) is 10.8. The molecule has 1 aromatic heterocycles. The Balaban J connectivity index is 1.38. The molecule has 0 unspecified atom stereocenters. The second-order valence-electron chi connectivity index (χ2n) is 7.70. The van der Waals surface area contributed by atoms with Gasteiger partial charge < -0.3 is 14.6 Å². The van der Waals surface area contributed by atoms with Crippen molar-refractivity contribution in [2.75, 3.05) is 6.61 Å². The minimum atomic E-state index is -0.100. The van der Waals surface area contributed by atoms with Gasteiger partial charge in [0.2, 0.25) is 0 Å². The Morgan fingerprint density at radius 1 is 1.00 bits per heavy atom. The maximum atomic E-state index is 12.5. The van der Waals surface area contributed by atoms with Crippen LogP contribution in [0.25, 0.3) is 11.0 Å². The predicted octanol–water partition coefficient (Wildman–Crippen LogP) is 5.79. The number of unbranched alkanes of at least 4 members (excludes halogenated alkanes) is 1. The molecule has 3 aromatic carbocycles. The molecule has 0 saturated heterocycles. The number of aryl methyl sites for hydroxylation is 2. The lowest BCUT2D eigenvalue weighted by molar-refractivity contribution is 0.0949. The summed E-state index contributed by atoms with van der Waals surface area (Å²) in [5.41, 5.74) is 3.77. The van der Waals surface area contributed by atoms with Gasteiger partial charge in [-0.05, 0) is 56.2 Å². The van der Waals surface area contributed by atoms with E-state index in [9.17, 15) is 4.79 Å². The number of benzene rings is 3. The molecule has 0 aliphatic heterocycles. The zero-order valence-corrected chi connectivity index (χ0v) is 18.8. The van der Waals surface area contributed by atoms with Gasteiger partial charge in [0.25, 0.3) is 5.91 Å². The average Bonchev–Trinajstić information content (AvgIpc) is 3.16. The van der Waals surface area contributed by atoms with Gasteiger partial charge in [0.15, 0.2) is 0 Å². The fourth-order valence-electron chi connectivity index (χ4n) is 3.59. The van der Waals surface area contributed by atoms with Crippen molar-refractivity contribution in [3.63, 3.8) is 0 Å². The zero-order valence-electron chi connectivity index (χ0n) is 18.1. The molecule has 0 atom stereocenters. The number of nitrogens with one attached hydrogen (secondary N) is 1. The monoisotopic (exact) mass is 447 g/mol. The van der Waals surface area contributed by atoms with Crippen molar-refractivity contribution >= 4 is 28.5 Å². The smallest absolute Gasteiger partial charge is 0.251 e. The van der Waals surface area contributed by atoms with E-state index in [-0.39, 0.29) is 5.91 Å². The van der Waals surface area contributed by atoms with Crippen molar-refractivity contribution in [3.8, 4) is 5.75 Å². The maximum Gasteiger partial charge on any atom is 0.251 e. The molecule has 0 radical (unpaired) electrons. The molecule has 4 aromatic rings. The minimum Gasteiger partial charge on any atom is -0.492 e. The summed E-state index contributed by atoms with van der Waals surface area (Å²) in [4.78, 5) is 17.3. The van der Waals surface area contributed by atoms with Gasteiger partial charge >= 0.3 is 0 Å². The molecule has 4 rings (SSSR count). The van der Waals surface area contributed by atoms with Crippen LogP contribution in [0.5, 0.6) is 5.75 Å². The second kappa shape index (κ2) is 10.3. The van der Waals surface area contributed by atoms with E-state index in [1.54, 1.807) is 0 Å². The number of hydrogen-bond donors (Lipinski definition) is 1. The first kappa shape index (κ1) is 21.9. The van der Waals surface area contributed by atoms with Gasteiger partial charge in [0, 0.05) is 12.1 Å². The molecule has 0 spiro atoms. The lowest BCUT2D eigenvalue weighted by Gasteiger charge is -2.11. The number of rotatable bonds is 9. The number of nitrogens with zero attached hydrogens (tertiary/aromatic N) is 2. The normalized spacial score (nSPS) is 10.9. The van der Waals surface area contributed by atoms with Crippen LogP contribution in [0, 0.1) is 6.92 Å². The highest BCUT2D eigenvalue weighted by Crippen LogP contribution is 2.23. The van der Waals surface area contributed by atoms with Crippen molar-refractivity contribution in [2.45, 2.75) is 32.9 Å². The average molecular weight is 448 g/mol. The molecule has 1 N–H and O–H groups in total. The minimum absolute atomic E-state index is 0.100. The summed E-state index contributed by atoms with van der Waals surface area (Å²) in [5.74, 6) is 1.46. The quantitative estimate of drug-likeness (QED) is 0.330. The van der Waals surface area contributed by atoms with Crippen LogP contribution >= 0.6 is 11.6 Å². The maximum absolute atomic E-state index is 12.5. The number of fused-ring (bicyclic) bond motifs is 1. The second-order valence-corrected chi connectivity index (χ2v) is 8.11. The van der Waals surface area contributed by atoms with Crippen LogP contribution in [-0.2, 0) is 13.1 Å². The molecule has 0 aliphatic rings. The highest BCUT2D eigenvalue weighted by atomic mass is 35.5. The predicted molar refractivity (Wildman–Crippen MR) is 128 cm³/mol. The summed E-state index contributed by atoms with van der Waals surface area (Å²) in [6.07, 6.45) is 1.80. The molecule has 1 amide bonds. The largest absolute Gasteiger partial charge is 0.492 e. The number of carbonyl (C=O) groups excluding carboxylic acids is 1. The summed E-state index contributed by atoms with van der Waals surface area (Å²) in [7, 11) is 0. The van der Waals surface area contributed by atoms with Crippen LogP contribution in [0.4, 0.5) is 0 Å². The molecule has 6 heteroatoms. The Bertz CT molecular complexity index is 1200. The van der Waals surface area contributed by atoms with E-state index in [0.29, 0.717) is 29.5 Å². The number of halogens is 1. The number of amides is 1. The first-order chi connectivity index (χ1) is 15.6. The van der Waals surface area contributed by atoms with Crippen LogP contribution in [0.15, 0.2) is 72.8 Å². The molecule has 0 bridgehead atoms. The Labute approximate surface area is 193 Å². The van der Waals surface area contributed by atoms with Crippen LogP contribution in [0.3, 0.4) is 0 Å². The Hall–Kier alpha value is -3.31. The highest BCUT2D eigenvalue weighted by molar-refractivity contribution is 6.32. The summed E-state index contributed by atoms with van der Waals surface area (Å²) >= 11 is 6.14. The molecule has 5 nitrogen and oxygen atoms in total. The molecule has 0 fully saturated rings. The lowest BCUT2D eigenvalue weighted by atomic mass is 10.1. The van der Waals surface area contributed by atoms with E-state index in [4.69, 9.17) is 21.3 Å². The van der Waals surface area contributed by atoms with E-state index >= 15 is 0 Å². The number of carbonyl (C=O) groups is 1. The van der Waals surface area contributed by atoms with Crippen LogP contribution in [-0.4, -0.2) is 22.1 Å². The third-order valence-electron chi connectivity index (χ3n) is 5.32. The Morgan fingerprint density at radius 2 is 1.75 bits per heavy atom. The first-order valence-corrected chi connectivity index (χ1v) is 11.2. The Morgan fingerprint density at radius 3 is 2.56 bits per heavy atom. The topological polar surface area (TPSA) is 56.2 Å². The van der Waals surface area contributed by atoms with Crippen molar-refractivity contribution in [2.24, 2.45) is 0 Å². The third kappa shape index (κ3) is 5.29. The van der Waals surface area contributed by atoms with Gasteiger partial charge in [-0.1, -0.05) is 53.6 Å². The fourth-order valence-corrected chi connectivity index (χ4v) is 3.78. The van der Waals surface area contributed by atoms with E-state index < -0.39 is 0 Å². The van der Waals surface area contributed by atoms with Gasteiger partial charge in [-0.15, -0.1) is 0 Å². The van der Waals surface area contributed by atoms with Crippen LogP contribution in [0.2, 0.25) is 5.02 Å². The van der Waals surface area contributed by atoms with Crippen LogP contribution in [0.1, 0.15) is 34.6 Å². The van der Waals surface area contributed by atoms with E-state index in [1.807, 2.05) is 73.7 Å². The summed E-state index contributed by atoms with van der Waals surface area (Å²) in [6, 6.07) is 23.1. The summed E-state index contributed by atoms with van der Waals surface area (Å²) in [6.45, 7) is 3.76. The van der Waals surface area contributed by atoms with Gasteiger partial charge in [-0.2, -0.15) is 0 Å². The Kier molecular flexibility index (Phi) is 7.07. The number of ether oxygens (including phenoxy) is 1. The third-order valence-corrected chi connectivity index (χ3v) is 5.64. The van der Waals surface area contributed by atoms with E-state index in [1.165, 1.54) is 0 Å². The highest BCUT2D eigenvalue weighted by Gasteiger charge is 2.12.